The summed E-state index contributed by atoms with van der Waals surface area (Å²) in [4.78, 5) is 25.7. The molecular weight excluding hydrogens is 514 g/mol. The Labute approximate surface area is 238 Å². The number of benzene rings is 3. The van der Waals surface area contributed by atoms with E-state index in [9.17, 15) is 9.59 Å². The van der Waals surface area contributed by atoms with Gasteiger partial charge in [-0.25, -0.2) is 9.13 Å². The third-order valence-electron chi connectivity index (χ3n) is 6.38. The molecule has 6 N–H and O–H groups in total. The number of anilines is 7. The summed E-state index contributed by atoms with van der Waals surface area (Å²) in [5.41, 5.74) is 12.0. The molecule has 0 saturated carbocycles. The van der Waals surface area contributed by atoms with Crippen LogP contribution in [0.5, 0.6) is 0 Å². The highest BCUT2D eigenvalue weighted by molar-refractivity contribution is 6.10. The van der Waals surface area contributed by atoms with E-state index in [1.165, 1.54) is 6.07 Å². The van der Waals surface area contributed by atoms with Crippen molar-refractivity contribution in [1.82, 2.24) is 0 Å². The van der Waals surface area contributed by atoms with Crippen LogP contribution in [0.3, 0.4) is 0 Å². The smallest absolute Gasteiger partial charge is 0.257 e. The molecule has 2 heterocycles. The summed E-state index contributed by atoms with van der Waals surface area (Å²) >= 11 is 0. The molecule has 5 rings (SSSR count). The number of nitrogens with one attached hydrogen (secondary N) is 4. The highest BCUT2D eigenvalue weighted by Crippen LogP contribution is 2.22. The highest BCUT2D eigenvalue weighted by Gasteiger charge is 2.14. The average Bonchev–Trinajstić information content (AvgIpc) is 2.97. The number of rotatable bonds is 8. The second kappa shape index (κ2) is 12.0. The highest BCUT2D eigenvalue weighted by atomic mass is 16.2. The zero-order valence-corrected chi connectivity index (χ0v) is 22.8. The Kier molecular flexibility index (Phi) is 7.87. The predicted octanol–water partition coefficient (Wildman–Crippen LogP) is 4.91. The number of nitrogens with two attached hydrogens (primary N) is 1. The maximum atomic E-state index is 12.9. The van der Waals surface area contributed by atoms with Crippen LogP contribution in [0.4, 0.5) is 39.8 Å². The quantitative estimate of drug-likeness (QED) is 0.140. The number of pyridine rings is 2. The summed E-state index contributed by atoms with van der Waals surface area (Å²) in [5, 5.41) is 12.3. The summed E-state index contributed by atoms with van der Waals surface area (Å²) in [6.45, 7) is 0. The van der Waals surface area contributed by atoms with E-state index in [2.05, 4.69) is 21.3 Å². The number of hydrogen-bond acceptors (Lipinski definition) is 5. The number of aryl methyl sites for hydroxylation is 2. The number of hydrogen-bond donors (Lipinski definition) is 5. The molecule has 0 aliphatic heterocycles. The third-order valence-corrected chi connectivity index (χ3v) is 6.38. The molecule has 0 unspecified atom stereocenters. The van der Waals surface area contributed by atoms with Gasteiger partial charge >= 0.3 is 0 Å². The van der Waals surface area contributed by atoms with Gasteiger partial charge in [0.2, 0.25) is 0 Å². The fourth-order valence-corrected chi connectivity index (χ4v) is 4.09. The van der Waals surface area contributed by atoms with Gasteiger partial charge in [0.25, 0.3) is 11.8 Å². The van der Waals surface area contributed by atoms with E-state index in [-0.39, 0.29) is 23.1 Å². The Morgan fingerprint density at radius 2 is 0.927 bits per heavy atom. The number of amides is 2. The molecule has 0 bridgehead atoms. The van der Waals surface area contributed by atoms with E-state index >= 15 is 0 Å². The zero-order chi connectivity index (χ0) is 28.8. The molecule has 0 radical (unpaired) electrons. The first-order valence-corrected chi connectivity index (χ1v) is 13.0. The normalized spacial score (nSPS) is 10.5. The molecule has 9 nitrogen and oxygen atoms in total. The minimum absolute atomic E-state index is 0.210. The standard InChI is InChI=1S/C32H29N7O2/c1-38-17-13-27(14-18-38)34-23-4-8-25(9-5-23)36-31(40)22-3-12-29(30(33)21-22)32(41)37-26-10-6-24(7-11-26)35-28-15-19-39(2)20-16-28/h3-21H,1-2H3,(H4,33,36,37,40,41)/p+2. The molecule has 0 saturated heterocycles. The SMILES string of the molecule is C[n+]1ccc(Nc2ccc(NC(=O)c3ccc(C(=O)Nc4ccc(Nc5cc[n+](C)cc5)cc4)c(N)c3)cc2)cc1. The lowest BCUT2D eigenvalue weighted by atomic mass is 10.1. The summed E-state index contributed by atoms with van der Waals surface area (Å²) in [6.07, 6.45) is 7.83. The van der Waals surface area contributed by atoms with Crippen LogP contribution >= 0.6 is 0 Å². The Morgan fingerprint density at radius 1 is 0.537 bits per heavy atom. The largest absolute Gasteiger partial charge is 0.398 e. The van der Waals surface area contributed by atoms with Gasteiger partial charge in [0.1, 0.15) is 14.1 Å². The summed E-state index contributed by atoms with van der Waals surface area (Å²) in [7, 11) is 3.92. The number of aromatic nitrogens is 2. The van der Waals surface area contributed by atoms with Gasteiger partial charge in [0.05, 0.1) is 16.9 Å². The van der Waals surface area contributed by atoms with E-state index < -0.39 is 0 Å². The van der Waals surface area contributed by atoms with Crippen LogP contribution < -0.4 is 36.1 Å². The molecule has 9 heteroatoms. The fourth-order valence-electron chi connectivity index (χ4n) is 4.09. The van der Waals surface area contributed by atoms with Gasteiger partial charge in [-0.2, -0.15) is 0 Å². The number of carbonyl (C=O) groups excluding carboxylic acids is 2. The van der Waals surface area contributed by atoms with Gasteiger partial charge in [-0.3, -0.25) is 9.59 Å². The van der Waals surface area contributed by atoms with Crippen molar-refractivity contribution in [3.63, 3.8) is 0 Å². The molecule has 0 aliphatic carbocycles. The summed E-state index contributed by atoms with van der Waals surface area (Å²) in [6, 6.07) is 27.3. The van der Waals surface area contributed by atoms with Crippen molar-refractivity contribution >= 4 is 51.6 Å². The molecule has 5 aromatic rings. The van der Waals surface area contributed by atoms with Crippen molar-refractivity contribution < 1.29 is 18.7 Å². The van der Waals surface area contributed by atoms with Crippen LogP contribution in [0.15, 0.2) is 116 Å². The van der Waals surface area contributed by atoms with Crippen molar-refractivity contribution in [2.75, 3.05) is 27.0 Å². The zero-order valence-electron chi connectivity index (χ0n) is 22.8. The number of carbonyl (C=O) groups is 2. The monoisotopic (exact) mass is 545 g/mol. The third kappa shape index (κ3) is 7.04. The Morgan fingerprint density at radius 3 is 1.37 bits per heavy atom. The van der Waals surface area contributed by atoms with E-state index in [0.29, 0.717) is 16.9 Å². The fraction of sp³-hybridized carbons (Fsp3) is 0.0625. The number of nitrogens with zero attached hydrogens (tertiary/aromatic N) is 2. The van der Waals surface area contributed by atoms with Gasteiger partial charge in [0.15, 0.2) is 24.8 Å². The van der Waals surface area contributed by atoms with Gasteiger partial charge in [0, 0.05) is 58.3 Å². The van der Waals surface area contributed by atoms with Crippen molar-refractivity contribution in [3.05, 3.63) is 127 Å². The molecule has 0 aliphatic rings. The Balaban J connectivity index is 1.17. The van der Waals surface area contributed by atoms with Gasteiger partial charge in [-0.05, 0) is 66.7 Å². The Bertz CT molecular complexity index is 1670. The molecule has 2 amide bonds. The van der Waals surface area contributed by atoms with E-state index in [1.54, 1.807) is 12.1 Å². The van der Waals surface area contributed by atoms with Crippen LogP contribution in [-0.4, -0.2) is 11.8 Å². The molecule has 2 aromatic heterocycles. The van der Waals surface area contributed by atoms with Crippen LogP contribution in [0.25, 0.3) is 0 Å². The number of nitrogen functional groups attached to an aromatic ring is 1. The van der Waals surface area contributed by atoms with E-state index in [0.717, 1.165) is 22.7 Å². The second-order valence-corrected chi connectivity index (χ2v) is 9.62. The molecule has 204 valence electrons. The van der Waals surface area contributed by atoms with E-state index in [4.69, 9.17) is 5.73 Å². The van der Waals surface area contributed by atoms with Crippen LogP contribution in [0.2, 0.25) is 0 Å². The van der Waals surface area contributed by atoms with Crippen LogP contribution in [-0.2, 0) is 14.1 Å². The van der Waals surface area contributed by atoms with Crippen molar-refractivity contribution in [2.24, 2.45) is 14.1 Å². The van der Waals surface area contributed by atoms with Gasteiger partial charge < -0.3 is 27.0 Å². The minimum atomic E-state index is -0.360. The van der Waals surface area contributed by atoms with Gasteiger partial charge in [-0.15, -0.1) is 0 Å². The molecule has 0 spiro atoms. The molecule has 41 heavy (non-hydrogen) atoms. The van der Waals surface area contributed by atoms with Crippen LogP contribution in [0, 0.1) is 0 Å². The van der Waals surface area contributed by atoms with Crippen molar-refractivity contribution in [3.8, 4) is 0 Å². The maximum Gasteiger partial charge on any atom is 0.257 e. The van der Waals surface area contributed by atoms with Gasteiger partial charge in [-0.1, -0.05) is 0 Å². The van der Waals surface area contributed by atoms with Crippen molar-refractivity contribution in [1.29, 1.82) is 0 Å². The lowest BCUT2D eigenvalue weighted by molar-refractivity contribution is -0.671. The molecular formula is C32H31N7O2+2. The summed E-state index contributed by atoms with van der Waals surface area (Å²) < 4.78 is 3.91. The van der Waals surface area contributed by atoms with Crippen molar-refractivity contribution in [2.45, 2.75) is 0 Å². The maximum absolute atomic E-state index is 12.9. The summed E-state index contributed by atoms with van der Waals surface area (Å²) in [5.74, 6) is -0.684. The van der Waals surface area contributed by atoms with E-state index in [1.807, 2.05) is 121 Å². The second-order valence-electron chi connectivity index (χ2n) is 9.62. The first kappa shape index (κ1) is 26.9. The molecule has 0 atom stereocenters. The Hall–Kier alpha value is -5.70. The lowest BCUT2D eigenvalue weighted by Crippen LogP contribution is -2.25. The van der Waals surface area contributed by atoms with Crippen LogP contribution in [0.1, 0.15) is 20.7 Å². The minimum Gasteiger partial charge on any atom is -0.398 e. The first-order valence-electron chi connectivity index (χ1n) is 13.0. The first-order chi connectivity index (χ1) is 19.8. The molecule has 0 fully saturated rings. The lowest BCUT2D eigenvalue weighted by Gasteiger charge is -2.11. The topological polar surface area (TPSA) is 116 Å². The predicted molar refractivity (Wildman–Crippen MR) is 161 cm³/mol. The average molecular weight is 546 g/mol. The molecule has 3 aromatic carbocycles.